The van der Waals surface area contributed by atoms with Gasteiger partial charge in [-0.3, -0.25) is 4.79 Å². The molecule has 66 valence electrons. The first-order valence-corrected chi connectivity index (χ1v) is 4.14. The van der Waals surface area contributed by atoms with Gasteiger partial charge in [-0.15, -0.1) is 0 Å². The van der Waals surface area contributed by atoms with E-state index in [0.29, 0.717) is 0 Å². The summed E-state index contributed by atoms with van der Waals surface area (Å²) in [5.41, 5.74) is 2.05. The number of aromatic nitrogens is 2. The second kappa shape index (κ2) is 2.69. The van der Waals surface area contributed by atoms with Gasteiger partial charge in [0.05, 0.1) is 11.7 Å². The molecule has 0 N–H and O–H groups in total. The zero-order chi connectivity index (χ0) is 9.42. The first-order valence-electron chi connectivity index (χ1n) is 4.14. The summed E-state index contributed by atoms with van der Waals surface area (Å²) >= 11 is 0. The highest BCUT2D eigenvalue weighted by Gasteiger charge is 2.04. The highest BCUT2D eigenvalue weighted by molar-refractivity contribution is 5.89. The number of benzene rings is 1. The van der Waals surface area contributed by atoms with Crippen molar-refractivity contribution in [1.82, 2.24) is 9.78 Å². The maximum absolute atomic E-state index is 11.1. The summed E-state index contributed by atoms with van der Waals surface area (Å²) in [6.07, 6.45) is 1.71. The summed E-state index contributed by atoms with van der Waals surface area (Å²) in [7, 11) is 0. The van der Waals surface area contributed by atoms with Crippen LogP contribution in [0.5, 0.6) is 0 Å². The molecule has 0 aliphatic rings. The molecule has 0 amide bonds. The molecule has 0 unspecified atom stereocenters. The van der Waals surface area contributed by atoms with Crippen LogP contribution in [0.3, 0.4) is 0 Å². The predicted octanol–water partition coefficient (Wildman–Crippen LogP) is 2.00. The zero-order valence-electron chi connectivity index (χ0n) is 7.61. The zero-order valence-corrected chi connectivity index (χ0v) is 7.61. The fourth-order valence-corrected chi connectivity index (χ4v) is 1.40. The molecule has 0 aliphatic heterocycles. The van der Waals surface area contributed by atoms with Crippen molar-refractivity contribution in [2.24, 2.45) is 0 Å². The summed E-state index contributed by atoms with van der Waals surface area (Å²) in [6, 6.07) is 5.91. The molecule has 2 aromatic rings. The maximum atomic E-state index is 11.1. The molecule has 1 aromatic carbocycles. The number of fused-ring (bicyclic) bond motifs is 1. The molecular weight excluding hydrogens is 164 g/mol. The smallest absolute Gasteiger partial charge is 0.244 e. The van der Waals surface area contributed by atoms with Gasteiger partial charge in [-0.1, -0.05) is 11.6 Å². The molecule has 1 heterocycles. The summed E-state index contributed by atoms with van der Waals surface area (Å²) in [5, 5.41) is 5.01. The Morgan fingerprint density at radius 3 is 2.92 bits per heavy atom. The predicted molar refractivity (Wildman–Crippen MR) is 50.8 cm³/mol. The topological polar surface area (TPSA) is 34.9 Å². The van der Waals surface area contributed by atoms with Gasteiger partial charge in [0.15, 0.2) is 0 Å². The van der Waals surface area contributed by atoms with Crippen molar-refractivity contribution in [2.75, 3.05) is 0 Å². The fraction of sp³-hybridized carbons (Fsp3) is 0.200. The monoisotopic (exact) mass is 174 g/mol. The van der Waals surface area contributed by atoms with Crippen LogP contribution in [0.25, 0.3) is 10.9 Å². The Balaban J connectivity index is 2.76. The molecule has 2 rings (SSSR count). The van der Waals surface area contributed by atoms with Gasteiger partial charge in [-0.2, -0.15) is 5.10 Å². The van der Waals surface area contributed by atoms with Crippen LogP contribution < -0.4 is 0 Å². The number of carbonyl (C=O) groups is 1. The van der Waals surface area contributed by atoms with E-state index in [2.05, 4.69) is 5.10 Å². The molecule has 13 heavy (non-hydrogen) atoms. The first kappa shape index (κ1) is 7.98. The average Bonchev–Trinajstić information content (AvgIpc) is 2.46. The highest BCUT2D eigenvalue weighted by atomic mass is 16.2. The normalized spacial score (nSPS) is 10.6. The molecule has 1 aromatic heterocycles. The Morgan fingerprint density at radius 2 is 2.23 bits per heavy atom. The van der Waals surface area contributed by atoms with Crippen LogP contribution in [-0.4, -0.2) is 15.7 Å². The van der Waals surface area contributed by atoms with Crippen LogP contribution in [0, 0.1) is 6.92 Å². The van der Waals surface area contributed by atoms with E-state index in [4.69, 9.17) is 0 Å². The molecule has 3 heteroatoms. The fourth-order valence-electron chi connectivity index (χ4n) is 1.40. The van der Waals surface area contributed by atoms with Gasteiger partial charge >= 0.3 is 0 Å². The minimum absolute atomic E-state index is 0.0566. The van der Waals surface area contributed by atoms with Gasteiger partial charge in [-0.05, 0) is 19.1 Å². The van der Waals surface area contributed by atoms with Crippen LogP contribution in [0.1, 0.15) is 17.3 Å². The van der Waals surface area contributed by atoms with E-state index in [9.17, 15) is 4.79 Å². The first-order chi connectivity index (χ1) is 6.18. The minimum Gasteiger partial charge on any atom is -0.273 e. The molecule has 0 saturated carbocycles. The molecule has 0 atom stereocenters. The second-order valence-electron chi connectivity index (χ2n) is 3.14. The van der Waals surface area contributed by atoms with Gasteiger partial charge in [0.1, 0.15) is 0 Å². The van der Waals surface area contributed by atoms with Gasteiger partial charge in [0, 0.05) is 12.3 Å². The summed E-state index contributed by atoms with van der Waals surface area (Å²) in [5.74, 6) is -0.0566. The van der Waals surface area contributed by atoms with Gasteiger partial charge in [-0.25, -0.2) is 4.68 Å². The van der Waals surface area contributed by atoms with Crippen molar-refractivity contribution in [1.29, 1.82) is 0 Å². The van der Waals surface area contributed by atoms with Crippen LogP contribution >= 0.6 is 0 Å². The van der Waals surface area contributed by atoms with Gasteiger partial charge in [0.2, 0.25) is 5.91 Å². The van der Waals surface area contributed by atoms with Crippen LogP contribution in [0.2, 0.25) is 0 Å². The van der Waals surface area contributed by atoms with Gasteiger partial charge < -0.3 is 0 Å². The Hall–Kier alpha value is -1.64. The molecule has 0 radical (unpaired) electrons. The lowest BCUT2D eigenvalue weighted by molar-refractivity contribution is 0.0927. The average molecular weight is 174 g/mol. The van der Waals surface area contributed by atoms with E-state index in [-0.39, 0.29) is 5.91 Å². The van der Waals surface area contributed by atoms with Crippen molar-refractivity contribution >= 4 is 16.8 Å². The third-order valence-corrected chi connectivity index (χ3v) is 2.02. The Morgan fingerprint density at radius 1 is 1.46 bits per heavy atom. The van der Waals surface area contributed by atoms with Crippen LogP contribution in [-0.2, 0) is 0 Å². The third-order valence-electron chi connectivity index (χ3n) is 2.02. The number of hydrogen-bond acceptors (Lipinski definition) is 2. The lowest BCUT2D eigenvalue weighted by Crippen LogP contribution is -2.06. The number of rotatable bonds is 0. The molecule has 0 fully saturated rings. The lowest BCUT2D eigenvalue weighted by Gasteiger charge is -1.96. The van der Waals surface area contributed by atoms with Crippen LogP contribution in [0.4, 0.5) is 0 Å². The minimum atomic E-state index is -0.0566. The van der Waals surface area contributed by atoms with E-state index in [1.807, 2.05) is 25.1 Å². The quantitative estimate of drug-likeness (QED) is 0.612. The van der Waals surface area contributed by atoms with Crippen LogP contribution in [0.15, 0.2) is 24.4 Å². The Labute approximate surface area is 76.0 Å². The highest BCUT2D eigenvalue weighted by Crippen LogP contribution is 2.14. The number of nitrogens with zero attached hydrogens (tertiary/aromatic N) is 2. The number of hydrogen-bond donors (Lipinski definition) is 0. The van der Waals surface area contributed by atoms with Gasteiger partial charge in [0.25, 0.3) is 0 Å². The summed E-state index contributed by atoms with van der Waals surface area (Å²) in [4.78, 5) is 11.1. The van der Waals surface area contributed by atoms with Crippen molar-refractivity contribution in [2.45, 2.75) is 13.8 Å². The molecule has 3 nitrogen and oxygen atoms in total. The maximum Gasteiger partial charge on any atom is 0.244 e. The standard InChI is InChI=1S/C10H10N2O/c1-7-3-4-10-9(5-7)6-11-12(10)8(2)13/h3-6H,1-2H3. The Bertz CT molecular complexity index is 471. The SMILES string of the molecule is CC(=O)n1ncc2cc(C)ccc21. The molecule has 0 aliphatic carbocycles. The van der Waals surface area contributed by atoms with Crippen molar-refractivity contribution in [3.8, 4) is 0 Å². The van der Waals surface area contributed by atoms with E-state index in [1.54, 1.807) is 6.20 Å². The number of carbonyl (C=O) groups excluding carboxylic acids is 1. The summed E-state index contributed by atoms with van der Waals surface area (Å²) < 4.78 is 1.41. The van der Waals surface area contributed by atoms with Crippen molar-refractivity contribution in [3.63, 3.8) is 0 Å². The third kappa shape index (κ3) is 1.22. The van der Waals surface area contributed by atoms with Crippen molar-refractivity contribution in [3.05, 3.63) is 30.0 Å². The van der Waals surface area contributed by atoms with E-state index >= 15 is 0 Å². The second-order valence-corrected chi connectivity index (χ2v) is 3.14. The molecule has 0 saturated heterocycles. The molecule has 0 spiro atoms. The lowest BCUT2D eigenvalue weighted by atomic mass is 10.2. The molecule has 0 bridgehead atoms. The Kier molecular flexibility index (Phi) is 1.65. The van der Waals surface area contributed by atoms with Crippen molar-refractivity contribution < 1.29 is 4.79 Å². The van der Waals surface area contributed by atoms with E-state index in [1.165, 1.54) is 17.2 Å². The van der Waals surface area contributed by atoms with E-state index < -0.39 is 0 Å². The summed E-state index contributed by atoms with van der Waals surface area (Å²) in [6.45, 7) is 3.52. The largest absolute Gasteiger partial charge is 0.273 e. The van der Waals surface area contributed by atoms with E-state index in [0.717, 1.165) is 10.9 Å². The number of aryl methyl sites for hydroxylation is 1. The molecular formula is C10H10N2O.